The summed E-state index contributed by atoms with van der Waals surface area (Å²) < 4.78 is 23.5. The van der Waals surface area contributed by atoms with Gasteiger partial charge in [0.15, 0.2) is 23.2 Å². The van der Waals surface area contributed by atoms with Crippen LogP contribution in [-0.4, -0.2) is 95.1 Å². The Balaban J connectivity index is 1.44. The van der Waals surface area contributed by atoms with E-state index >= 15 is 0 Å². The number of rotatable bonds is 13. The average molecular weight is 603 g/mol. The molecule has 4 aliphatic rings. The van der Waals surface area contributed by atoms with Crippen LogP contribution in [0.25, 0.3) is 0 Å². The lowest BCUT2D eigenvalue weighted by molar-refractivity contribution is -0.176. The summed E-state index contributed by atoms with van der Waals surface area (Å²) in [6.07, 6.45) is 5.11. The van der Waals surface area contributed by atoms with E-state index in [0.717, 1.165) is 43.5 Å². The van der Waals surface area contributed by atoms with E-state index in [1.807, 2.05) is 12.1 Å². The summed E-state index contributed by atoms with van der Waals surface area (Å²) >= 11 is 0. The van der Waals surface area contributed by atoms with Gasteiger partial charge in [-0.05, 0) is 101 Å². The molecule has 1 aromatic carbocycles. The van der Waals surface area contributed by atoms with Crippen LogP contribution in [0, 0.1) is 0 Å². The number of carbonyl (C=O) groups is 2. The third kappa shape index (κ3) is 6.50. The molecule has 11 nitrogen and oxygen atoms in total. The zero-order valence-electron chi connectivity index (χ0n) is 25.5. The second kappa shape index (κ2) is 12.6. The Bertz CT molecular complexity index is 1230. The minimum absolute atomic E-state index is 0.0188. The van der Waals surface area contributed by atoms with Gasteiger partial charge in [-0.25, -0.2) is 4.79 Å². The van der Waals surface area contributed by atoms with Crippen molar-refractivity contribution in [3.63, 3.8) is 0 Å². The number of hydrogen-bond donors (Lipinski definition) is 4. The molecule has 0 bridgehead atoms. The summed E-state index contributed by atoms with van der Waals surface area (Å²) in [4.78, 5) is 29.3. The van der Waals surface area contributed by atoms with Gasteiger partial charge in [-0.1, -0.05) is 0 Å². The molecule has 1 amide bonds. The fourth-order valence-electron chi connectivity index (χ4n) is 7.19. The Morgan fingerprint density at radius 3 is 2.60 bits per heavy atom. The number of esters is 1. The van der Waals surface area contributed by atoms with E-state index in [4.69, 9.17) is 24.1 Å². The van der Waals surface area contributed by atoms with Crippen molar-refractivity contribution < 1.29 is 43.9 Å². The van der Waals surface area contributed by atoms with Gasteiger partial charge in [0, 0.05) is 19.7 Å². The van der Waals surface area contributed by atoms with Crippen molar-refractivity contribution >= 4 is 11.9 Å². The second-order valence-electron chi connectivity index (χ2n) is 12.9. The number of nitrogens with one attached hydrogen (secondary N) is 1. The lowest BCUT2D eigenvalue weighted by atomic mass is 9.77. The number of benzene rings is 1. The maximum Gasteiger partial charge on any atom is 0.339 e. The second-order valence-corrected chi connectivity index (χ2v) is 12.9. The van der Waals surface area contributed by atoms with Crippen LogP contribution in [0.5, 0.6) is 11.5 Å². The largest absolute Gasteiger partial charge is 0.497 e. The molecule has 1 fully saturated rings. The SMILES string of the molecule is COC1=CC23CCCN2CCc2cc4c(cc2[C@@H]3C1OC(=O)[C@@](O)(CCCC(C)(C)O)CC(=O)NCCCCO)OCO4. The Hall–Kier alpha value is -2.86. The Labute approximate surface area is 253 Å². The Morgan fingerprint density at radius 2 is 1.88 bits per heavy atom. The van der Waals surface area contributed by atoms with Gasteiger partial charge in [0.05, 0.1) is 30.6 Å². The van der Waals surface area contributed by atoms with E-state index < -0.39 is 41.1 Å². The summed E-state index contributed by atoms with van der Waals surface area (Å²) in [5.74, 6) is 0.178. The number of methoxy groups -OCH3 is 1. The van der Waals surface area contributed by atoms with E-state index in [9.17, 15) is 19.8 Å². The first kappa shape index (κ1) is 31.6. The predicted octanol–water partition coefficient (Wildman–Crippen LogP) is 2.30. The Kier molecular flexibility index (Phi) is 9.27. The van der Waals surface area contributed by atoms with Crippen molar-refractivity contribution in [2.45, 2.75) is 100 Å². The summed E-state index contributed by atoms with van der Waals surface area (Å²) in [6, 6.07) is 4.01. The standard InChI is InChI=1S/C32H46N2O9/c1-30(2,38)9-6-11-32(39,19-26(36)33-12-4-5-15-35)29(37)43-28-25(40-3)18-31-10-7-13-34(31)14-8-21-16-23-24(42-20-41-23)17-22(21)27(28)31/h16-18,27-28,35,38-39H,4-15,19-20H2,1-3H3,(H,33,36)/t27-,28?,31?,32-/m1/s1. The van der Waals surface area contributed by atoms with Crippen LogP contribution in [0.3, 0.4) is 0 Å². The van der Waals surface area contributed by atoms with Crippen molar-refractivity contribution in [1.29, 1.82) is 0 Å². The monoisotopic (exact) mass is 602 g/mol. The minimum Gasteiger partial charge on any atom is -0.497 e. The molecule has 5 rings (SSSR count). The summed E-state index contributed by atoms with van der Waals surface area (Å²) in [6.45, 7) is 5.55. The van der Waals surface area contributed by atoms with Crippen LogP contribution in [0.15, 0.2) is 24.0 Å². The fourth-order valence-corrected chi connectivity index (χ4v) is 7.19. The smallest absolute Gasteiger partial charge is 0.339 e. The topological polar surface area (TPSA) is 147 Å². The molecule has 1 spiro atoms. The molecule has 238 valence electrons. The molecule has 43 heavy (non-hydrogen) atoms. The fraction of sp³-hybridized carbons (Fsp3) is 0.688. The zero-order chi connectivity index (χ0) is 30.8. The predicted molar refractivity (Wildman–Crippen MR) is 157 cm³/mol. The number of unbranched alkanes of at least 4 members (excludes halogenated alkanes) is 1. The van der Waals surface area contributed by atoms with E-state index in [2.05, 4.69) is 16.3 Å². The first-order chi connectivity index (χ1) is 20.5. The molecule has 4 N–H and O–H groups in total. The number of ether oxygens (including phenoxy) is 4. The number of fused-ring (bicyclic) bond motifs is 3. The van der Waals surface area contributed by atoms with Gasteiger partial charge in [0.25, 0.3) is 0 Å². The van der Waals surface area contributed by atoms with E-state index in [0.29, 0.717) is 49.5 Å². The highest BCUT2D eigenvalue weighted by Crippen LogP contribution is 2.55. The number of carbonyl (C=O) groups excluding carboxylic acids is 2. The third-order valence-corrected chi connectivity index (χ3v) is 9.32. The molecule has 0 radical (unpaired) electrons. The molecule has 3 heterocycles. The van der Waals surface area contributed by atoms with Crippen LogP contribution in [0.4, 0.5) is 0 Å². The van der Waals surface area contributed by atoms with Crippen LogP contribution >= 0.6 is 0 Å². The number of hydrogen-bond acceptors (Lipinski definition) is 10. The third-order valence-electron chi connectivity index (χ3n) is 9.32. The van der Waals surface area contributed by atoms with Gasteiger partial charge < -0.3 is 39.6 Å². The van der Waals surface area contributed by atoms with Gasteiger partial charge in [0.1, 0.15) is 5.76 Å². The summed E-state index contributed by atoms with van der Waals surface area (Å²) in [7, 11) is 1.56. The van der Waals surface area contributed by atoms with Crippen molar-refractivity contribution in [2.75, 3.05) is 40.1 Å². The molecule has 4 atom stereocenters. The van der Waals surface area contributed by atoms with Gasteiger partial charge in [-0.3, -0.25) is 9.69 Å². The van der Waals surface area contributed by atoms with Gasteiger partial charge in [0.2, 0.25) is 12.7 Å². The lowest BCUT2D eigenvalue weighted by Crippen LogP contribution is -2.50. The number of amides is 1. The average Bonchev–Trinajstić information content (AvgIpc) is 3.64. The minimum atomic E-state index is -2.11. The number of aliphatic hydroxyl groups excluding tert-OH is 1. The highest BCUT2D eigenvalue weighted by atomic mass is 16.7. The molecular weight excluding hydrogens is 556 g/mol. The van der Waals surface area contributed by atoms with Gasteiger partial charge in [-0.15, -0.1) is 0 Å². The molecule has 0 saturated carbocycles. The summed E-state index contributed by atoms with van der Waals surface area (Å²) in [5, 5.41) is 33.8. The van der Waals surface area contributed by atoms with Crippen LogP contribution in [0.1, 0.15) is 82.3 Å². The maximum absolute atomic E-state index is 14.0. The number of nitrogens with zero attached hydrogens (tertiary/aromatic N) is 1. The maximum atomic E-state index is 14.0. The van der Waals surface area contributed by atoms with Gasteiger partial charge in [-0.2, -0.15) is 0 Å². The molecule has 11 heteroatoms. The summed E-state index contributed by atoms with van der Waals surface area (Å²) in [5.41, 5.74) is -1.44. The van der Waals surface area contributed by atoms with Crippen molar-refractivity contribution in [3.05, 3.63) is 35.1 Å². The molecule has 1 saturated heterocycles. The quantitative estimate of drug-likeness (QED) is 0.196. The van der Waals surface area contributed by atoms with Crippen molar-refractivity contribution in [1.82, 2.24) is 10.2 Å². The normalized spacial score (nSPS) is 25.6. The van der Waals surface area contributed by atoms with Gasteiger partial charge >= 0.3 is 5.97 Å². The zero-order valence-corrected chi connectivity index (χ0v) is 25.5. The van der Waals surface area contributed by atoms with E-state index in [1.165, 1.54) is 0 Å². The molecule has 0 aromatic heterocycles. The van der Waals surface area contributed by atoms with E-state index in [-0.39, 0.29) is 25.7 Å². The van der Waals surface area contributed by atoms with Crippen LogP contribution in [0.2, 0.25) is 0 Å². The van der Waals surface area contributed by atoms with Crippen LogP contribution in [-0.2, 0) is 25.5 Å². The molecule has 1 aliphatic carbocycles. The van der Waals surface area contributed by atoms with Crippen molar-refractivity contribution in [3.8, 4) is 11.5 Å². The Morgan fingerprint density at radius 1 is 1.12 bits per heavy atom. The van der Waals surface area contributed by atoms with E-state index in [1.54, 1.807) is 21.0 Å². The molecular formula is C32H46N2O9. The van der Waals surface area contributed by atoms with Crippen LogP contribution < -0.4 is 14.8 Å². The number of aliphatic hydroxyl groups is 3. The first-order valence-corrected chi connectivity index (χ1v) is 15.5. The molecule has 2 unspecified atom stereocenters. The lowest BCUT2D eigenvalue weighted by Gasteiger charge is -2.39. The highest BCUT2D eigenvalue weighted by Gasteiger charge is 2.59. The first-order valence-electron chi connectivity index (χ1n) is 15.5. The highest BCUT2D eigenvalue weighted by molar-refractivity contribution is 5.88. The van der Waals surface area contributed by atoms with Crippen molar-refractivity contribution in [2.24, 2.45) is 0 Å². The molecule has 1 aromatic rings. The molecule has 3 aliphatic heterocycles.